The third-order valence-corrected chi connectivity index (χ3v) is 6.57. The summed E-state index contributed by atoms with van der Waals surface area (Å²) in [6.07, 6.45) is 1.94. The zero-order valence-electron chi connectivity index (χ0n) is 19.3. The van der Waals surface area contributed by atoms with E-state index in [1.54, 1.807) is 42.5 Å². The number of nitrogens with zero attached hydrogens (tertiary/aromatic N) is 3. The summed E-state index contributed by atoms with van der Waals surface area (Å²) in [7, 11) is 1.53. The fourth-order valence-electron chi connectivity index (χ4n) is 3.57. The van der Waals surface area contributed by atoms with Gasteiger partial charge in [-0.1, -0.05) is 37.3 Å². The molecule has 8 nitrogen and oxygen atoms in total. The van der Waals surface area contributed by atoms with Gasteiger partial charge in [-0.05, 0) is 49.2 Å². The number of carbonyl (C=O) groups excluding carboxylic acids is 1. The predicted molar refractivity (Wildman–Crippen MR) is 132 cm³/mol. The van der Waals surface area contributed by atoms with Crippen LogP contribution in [0.25, 0.3) is 4.96 Å². The minimum Gasteiger partial charge on any atom is -0.496 e. The van der Waals surface area contributed by atoms with Crippen molar-refractivity contribution in [1.82, 2.24) is 14.6 Å². The molecule has 2 heterocycles. The average Bonchev–Trinajstić information content (AvgIpc) is 3.29. The van der Waals surface area contributed by atoms with Crippen molar-refractivity contribution >= 4 is 27.9 Å². The molecule has 4 aromatic rings. The molecule has 34 heavy (non-hydrogen) atoms. The van der Waals surface area contributed by atoms with Crippen LogP contribution in [0.5, 0.6) is 11.5 Å². The molecule has 2 aromatic carbocycles. The van der Waals surface area contributed by atoms with Crippen LogP contribution in [0.1, 0.15) is 53.7 Å². The summed E-state index contributed by atoms with van der Waals surface area (Å²) in [5.74, 6) is 1.17. The fraction of sp³-hybridized carbons (Fsp3) is 0.280. The van der Waals surface area contributed by atoms with Crippen LogP contribution in [0.15, 0.2) is 59.4 Å². The maximum absolute atomic E-state index is 12.5. The largest absolute Gasteiger partial charge is 0.496 e. The molecule has 0 saturated carbocycles. The Balaban J connectivity index is 1.42. The number of benzene rings is 2. The lowest BCUT2D eigenvalue weighted by molar-refractivity contribution is 0.102. The van der Waals surface area contributed by atoms with Gasteiger partial charge in [0.2, 0.25) is 4.96 Å². The topological polar surface area (TPSA) is 94.8 Å². The number of hydrogen-bond acceptors (Lipinski definition) is 7. The van der Waals surface area contributed by atoms with Crippen LogP contribution in [-0.4, -0.2) is 27.6 Å². The van der Waals surface area contributed by atoms with E-state index in [-0.39, 0.29) is 18.1 Å². The lowest BCUT2D eigenvalue weighted by atomic mass is 10.1. The first-order chi connectivity index (χ1) is 16.5. The number of carbonyl (C=O) groups is 1. The molecule has 2 aromatic heterocycles. The molecule has 0 unspecified atom stereocenters. The van der Waals surface area contributed by atoms with E-state index < -0.39 is 0 Å². The quantitative estimate of drug-likeness (QED) is 0.368. The van der Waals surface area contributed by atoms with Crippen molar-refractivity contribution in [3.8, 4) is 11.5 Å². The predicted octanol–water partition coefficient (Wildman–Crippen LogP) is 4.89. The number of aromatic nitrogens is 3. The summed E-state index contributed by atoms with van der Waals surface area (Å²) >= 11 is 1.45. The summed E-state index contributed by atoms with van der Waals surface area (Å²) < 4.78 is 12.4. The highest BCUT2D eigenvalue weighted by atomic mass is 32.1. The Bertz CT molecular complexity index is 1340. The number of methoxy groups -OCH3 is 1. The second kappa shape index (κ2) is 10.5. The molecule has 176 valence electrons. The van der Waals surface area contributed by atoms with E-state index in [1.165, 1.54) is 29.0 Å². The molecule has 0 spiro atoms. The van der Waals surface area contributed by atoms with Crippen LogP contribution in [0.4, 0.5) is 5.69 Å². The molecule has 0 radical (unpaired) electrons. The van der Waals surface area contributed by atoms with Gasteiger partial charge in [0.05, 0.1) is 18.4 Å². The van der Waals surface area contributed by atoms with Gasteiger partial charge in [0.1, 0.15) is 23.1 Å². The normalized spacial score (nSPS) is 11.1. The van der Waals surface area contributed by atoms with E-state index in [9.17, 15) is 9.59 Å². The van der Waals surface area contributed by atoms with Crippen LogP contribution in [0, 0.1) is 0 Å². The van der Waals surface area contributed by atoms with Crippen LogP contribution < -0.4 is 20.3 Å². The SMILES string of the molecule is CCC(CC)c1nn2c(=O)cc(COc3ccc(NC(=O)c4ccccc4OC)cc3)nc2s1. The Morgan fingerprint density at radius 2 is 1.85 bits per heavy atom. The second-order valence-electron chi connectivity index (χ2n) is 7.70. The molecule has 0 saturated heterocycles. The van der Waals surface area contributed by atoms with E-state index in [4.69, 9.17) is 9.47 Å². The molecule has 0 atom stereocenters. The van der Waals surface area contributed by atoms with Gasteiger partial charge in [0, 0.05) is 17.7 Å². The molecular weight excluding hydrogens is 452 g/mol. The molecular formula is C25H26N4O4S. The fourth-order valence-corrected chi connectivity index (χ4v) is 4.76. The molecule has 0 fully saturated rings. The molecule has 4 rings (SSSR count). The number of nitrogens with one attached hydrogen (secondary N) is 1. The maximum Gasteiger partial charge on any atom is 0.275 e. The van der Waals surface area contributed by atoms with Crippen molar-refractivity contribution in [1.29, 1.82) is 0 Å². The summed E-state index contributed by atoms with van der Waals surface area (Å²) in [6.45, 7) is 4.38. The van der Waals surface area contributed by atoms with Gasteiger partial charge in [-0.2, -0.15) is 9.61 Å². The first kappa shape index (κ1) is 23.4. The van der Waals surface area contributed by atoms with E-state index in [0.29, 0.717) is 39.3 Å². The van der Waals surface area contributed by atoms with Gasteiger partial charge < -0.3 is 14.8 Å². The van der Waals surface area contributed by atoms with Crippen molar-refractivity contribution < 1.29 is 14.3 Å². The molecule has 0 aliphatic heterocycles. The van der Waals surface area contributed by atoms with Crippen molar-refractivity contribution in [2.75, 3.05) is 12.4 Å². The number of anilines is 1. The molecule has 0 bridgehead atoms. The number of para-hydroxylation sites is 1. The van der Waals surface area contributed by atoms with E-state index in [0.717, 1.165) is 17.8 Å². The van der Waals surface area contributed by atoms with Crippen LogP contribution in [0.3, 0.4) is 0 Å². The van der Waals surface area contributed by atoms with Crippen molar-refractivity contribution in [2.45, 2.75) is 39.2 Å². The first-order valence-electron chi connectivity index (χ1n) is 11.1. The third-order valence-electron chi connectivity index (χ3n) is 5.50. The van der Waals surface area contributed by atoms with E-state index in [1.807, 2.05) is 6.07 Å². The van der Waals surface area contributed by atoms with Crippen molar-refractivity contribution in [2.24, 2.45) is 0 Å². The number of amides is 1. The highest BCUT2D eigenvalue weighted by Crippen LogP contribution is 2.26. The molecule has 0 aliphatic rings. The van der Waals surface area contributed by atoms with Gasteiger partial charge in [-0.15, -0.1) is 0 Å². The molecule has 9 heteroatoms. The smallest absolute Gasteiger partial charge is 0.275 e. The Morgan fingerprint density at radius 1 is 1.12 bits per heavy atom. The Morgan fingerprint density at radius 3 is 2.56 bits per heavy atom. The molecule has 0 aliphatic carbocycles. The average molecular weight is 479 g/mol. The van der Waals surface area contributed by atoms with Crippen LogP contribution >= 0.6 is 11.3 Å². The van der Waals surface area contributed by atoms with Gasteiger partial charge in [0.25, 0.3) is 11.5 Å². The van der Waals surface area contributed by atoms with E-state index >= 15 is 0 Å². The van der Waals surface area contributed by atoms with Crippen LogP contribution in [-0.2, 0) is 6.61 Å². The summed E-state index contributed by atoms with van der Waals surface area (Å²) in [5.41, 5.74) is 1.40. The van der Waals surface area contributed by atoms with Gasteiger partial charge in [-0.3, -0.25) is 9.59 Å². The van der Waals surface area contributed by atoms with Gasteiger partial charge in [0.15, 0.2) is 0 Å². The number of fused-ring (bicyclic) bond motifs is 1. The lowest BCUT2D eigenvalue weighted by Crippen LogP contribution is -2.16. The molecule has 1 N–H and O–H groups in total. The minimum absolute atomic E-state index is 0.150. The monoisotopic (exact) mass is 478 g/mol. The van der Waals surface area contributed by atoms with Gasteiger partial charge in [-0.25, -0.2) is 4.98 Å². The summed E-state index contributed by atoms with van der Waals surface area (Å²) in [6, 6.07) is 15.5. The van der Waals surface area contributed by atoms with Gasteiger partial charge >= 0.3 is 0 Å². The lowest BCUT2D eigenvalue weighted by Gasteiger charge is -2.10. The first-order valence-corrected chi connectivity index (χ1v) is 11.9. The Labute approximate surface area is 201 Å². The standard InChI is InChI=1S/C25H26N4O4S/c1-4-16(5-2)24-28-29-22(30)14-18(27-25(29)34-24)15-33-19-12-10-17(11-13-19)26-23(31)20-8-6-7-9-21(20)32-3/h6-14,16H,4-5,15H2,1-3H3,(H,26,31). The number of hydrogen-bond donors (Lipinski definition) is 1. The summed E-state index contributed by atoms with van der Waals surface area (Å²) in [5, 5.41) is 8.23. The molecule has 1 amide bonds. The minimum atomic E-state index is -0.263. The third kappa shape index (κ3) is 5.09. The van der Waals surface area contributed by atoms with Crippen molar-refractivity contribution in [3.05, 3.63) is 81.2 Å². The zero-order valence-corrected chi connectivity index (χ0v) is 20.1. The Kier molecular flexibility index (Phi) is 7.22. The zero-order chi connectivity index (χ0) is 24.1. The summed E-state index contributed by atoms with van der Waals surface area (Å²) in [4.78, 5) is 30.2. The second-order valence-corrected chi connectivity index (χ2v) is 8.69. The maximum atomic E-state index is 12.5. The highest BCUT2D eigenvalue weighted by Gasteiger charge is 2.16. The Hall–Kier alpha value is -3.72. The van der Waals surface area contributed by atoms with Crippen molar-refractivity contribution in [3.63, 3.8) is 0 Å². The number of rotatable bonds is 9. The highest BCUT2D eigenvalue weighted by molar-refractivity contribution is 7.16. The van der Waals surface area contributed by atoms with Crippen LogP contribution in [0.2, 0.25) is 0 Å². The van der Waals surface area contributed by atoms with E-state index in [2.05, 4.69) is 29.2 Å². The number of ether oxygens (including phenoxy) is 2.